The number of aromatic nitrogens is 1. The molecule has 158 valence electrons. The van der Waals surface area contributed by atoms with Crippen LogP contribution in [0.15, 0.2) is 48.5 Å². The average Bonchev–Trinajstić information content (AvgIpc) is 3.10. The van der Waals surface area contributed by atoms with Gasteiger partial charge >= 0.3 is 12.1 Å². The van der Waals surface area contributed by atoms with Crippen molar-refractivity contribution in [2.45, 2.75) is 39.0 Å². The van der Waals surface area contributed by atoms with E-state index in [1.54, 1.807) is 24.3 Å². The van der Waals surface area contributed by atoms with Crippen LogP contribution in [-0.4, -0.2) is 16.1 Å². The Morgan fingerprint density at radius 1 is 1.17 bits per heavy atom. The molecular formula is C22H20F3NO3S. The molecule has 3 aromatic rings. The Kier molecular flexibility index (Phi) is 6.45. The van der Waals surface area contributed by atoms with Gasteiger partial charge in [-0.05, 0) is 35.7 Å². The van der Waals surface area contributed by atoms with Crippen LogP contribution in [0.2, 0.25) is 0 Å². The normalized spacial score (nSPS) is 11.7. The van der Waals surface area contributed by atoms with Crippen molar-refractivity contribution in [1.29, 1.82) is 0 Å². The van der Waals surface area contributed by atoms with Crippen molar-refractivity contribution in [2.24, 2.45) is 0 Å². The van der Waals surface area contributed by atoms with Gasteiger partial charge in [-0.3, -0.25) is 4.79 Å². The van der Waals surface area contributed by atoms with Crippen molar-refractivity contribution >= 4 is 17.3 Å². The predicted molar refractivity (Wildman–Crippen MR) is 109 cm³/mol. The number of hydrogen-bond donors (Lipinski definition) is 1. The molecule has 0 bridgehead atoms. The van der Waals surface area contributed by atoms with Gasteiger partial charge in [0.2, 0.25) is 0 Å². The lowest BCUT2D eigenvalue weighted by Gasteiger charge is -2.09. The van der Waals surface area contributed by atoms with E-state index < -0.39 is 17.7 Å². The first-order valence-electron chi connectivity index (χ1n) is 9.24. The molecule has 8 heteroatoms. The van der Waals surface area contributed by atoms with Crippen molar-refractivity contribution in [2.75, 3.05) is 0 Å². The van der Waals surface area contributed by atoms with Crippen LogP contribution < -0.4 is 4.74 Å². The summed E-state index contributed by atoms with van der Waals surface area (Å²) in [5, 5.41) is 9.56. The minimum atomic E-state index is -4.38. The number of nitrogens with zero attached hydrogens (tertiary/aromatic N) is 1. The molecule has 0 unspecified atom stereocenters. The fourth-order valence-corrected chi connectivity index (χ4v) is 4.05. The van der Waals surface area contributed by atoms with Gasteiger partial charge in [0.25, 0.3) is 0 Å². The standard InChI is InChI=1S/C22H20F3NO3S/c1-13(2)20-18(12-29-17-5-3-4-14(10-17)11-19(27)28)30-21(26-20)15-6-8-16(9-7-15)22(23,24)25/h3-10,13H,11-12H2,1-2H3,(H,27,28). The third-order valence-corrected chi connectivity index (χ3v) is 5.45. The fourth-order valence-electron chi connectivity index (χ4n) is 2.91. The Morgan fingerprint density at radius 3 is 2.47 bits per heavy atom. The second kappa shape index (κ2) is 8.87. The zero-order valence-corrected chi connectivity index (χ0v) is 17.2. The smallest absolute Gasteiger partial charge is 0.416 e. The highest BCUT2D eigenvalue weighted by Gasteiger charge is 2.30. The number of alkyl halides is 3. The highest BCUT2D eigenvalue weighted by Crippen LogP contribution is 2.35. The summed E-state index contributed by atoms with van der Waals surface area (Å²) in [5.41, 5.74) is 1.39. The van der Waals surface area contributed by atoms with E-state index in [1.165, 1.54) is 23.5 Å². The lowest BCUT2D eigenvalue weighted by molar-refractivity contribution is -0.138. The maximum atomic E-state index is 12.8. The number of thiazole rings is 1. The molecule has 0 amide bonds. The van der Waals surface area contributed by atoms with Crippen molar-refractivity contribution in [3.05, 3.63) is 70.2 Å². The molecule has 1 N–H and O–H groups in total. The Hall–Kier alpha value is -2.87. The first kappa shape index (κ1) is 21.8. The van der Waals surface area contributed by atoms with Crippen LogP contribution in [0, 0.1) is 0 Å². The number of hydrogen-bond acceptors (Lipinski definition) is 4. The first-order chi connectivity index (χ1) is 14.1. The number of carbonyl (C=O) groups is 1. The first-order valence-corrected chi connectivity index (χ1v) is 10.1. The fraction of sp³-hybridized carbons (Fsp3) is 0.273. The number of rotatable bonds is 7. The summed E-state index contributed by atoms with van der Waals surface area (Å²) in [5.74, 6) is -0.257. The molecule has 1 aromatic heterocycles. The van der Waals surface area contributed by atoms with E-state index in [0.29, 0.717) is 21.9 Å². The summed E-state index contributed by atoms with van der Waals surface area (Å²) in [7, 11) is 0. The summed E-state index contributed by atoms with van der Waals surface area (Å²) < 4.78 is 44.2. The van der Waals surface area contributed by atoms with E-state index >= 15 is 0 Å². The Bertz CT molecular complexity index is 1030. The number of benzene rings is 2. The van der Waals surface area contributed by atoms with Gasteiger partial charge in [-0.15, -0.1) is 11.3 Å². The van der Waals surface area contributed by atoms with E-state index in [9.17, 15) is 18.0 Å². The predicted octanol–water partition coefficient (Wildman–Crippen LogP) is 6.16. The molecule has 0 radical (unpaired) electrons. The van der Waals surface area contributed by atoms with Crippen molar-refractivity contribution in [3.8, 4) is 16.3 Å². The van der Waals surface area contributed by atoms with Crippen LogP contribution in [0.3, 0.4) is 0 Å². The SMILES string of the molecule is CC(C)c1nc(-c2ccc(C(F)(F)F)cc2)sc1COc1cccc(CC(=O)O)c1. The quantitative estimate of drug-likeness (QED) is 0.483. The summed E-state index contributed by atoms with van der Waals surface area (Å²) in [6.07, 6.45) is -4.47. The highest BCUT2D eigenvalue weighted by molar-refractivity contribution is 7.15. The number of carboxylic acids is 1. The van der Waals surface area contributed by atoms with E-state index in [0.717, 1.165) is 22.7 Å². The molecule has 3 rings (SSSR count). The number of ether oxygens (including phenoxy) is 1. The van der Waals surface area contributed by atoms with E-state index in [2.05, 4.69) is 4.98 Å². The molecule has 0 aliphatic carbocycles. The molecule has 4 nitrogen and oxygen atoms in total. The molecule has 0 atom stereocenters. The molecule has 1 heterocycles. The van der Waals surface area contributed by atoms with Gasteiger partial charge in [0.05, 0.1) is 22.6 Å². The molecule has 2 aromatic carbocycles. The summed E-state index contributed by atoms with van der Waals surface area (Å²) in [6, 6.07) is 11.8. The molecule has 0 aliphatic heterocycles. The van der Waals surface area contributed by atoms with Crippen molar-refractivity contribution in [1.82, 2.24) is 4.98 Å². The van der Waals surface area contributed by atoms with Crippen molar-refractivity contribution < 1.29 is 27.8 Å². The van der Waals surface area contributed by atoms with Gasteiger partial charge in [-0.2, -0.15) is 13.2 Å². The summed E-state index contributed by atoms with van der Waals surface area (Å²) >= 11 is 1.38. The zero-order chi connectivity index (χ0) is 21.9. The van der Waals surface area contributed by atoms with Crippen LogP contribution in [0.1, 0.15) is 41.5 Å². The van der Waals surface area contributed by atoms with Crippen LogP contribution >= 0.6 is 11.3 Å². The van der Waals surface area contributed by atoms with Crippen LogP contribution in [0.4, 0.5) is 13.2 Å². The van der Waals surface area contributed by atoms with E-state index in [-0.39, 0.29) is 18.9 Å². The number of aliphatic carboxylic acids is 1. The van der Waals surface area contributed by atoms with Crippen LogP contribution in [-0.2, 0) is 24.0 Å². The lowest BCUT2D eigenvalue weighted by atomic mass is 10.1. The molecule has 0 saturated heterocycles. The molecule has 0 fully saturated rings. The van der Waals surface area contributed by atoms with Gasteiger partial charge in [-0.25, -0.2) is 4.98 Å². The third kappa shape index (κ3) is 5.38. The number of halogens is 3. The van der Waals surface area contributed by atoms with Crippen LogP contribution in [0.25, 0.3) is 10.6 Å². The largest absolute Gasteiger partial charge is 0.488 e. The van der Waals surface area contributed by atoms with E-state index in [4.69, 9.17) is 9.84 Å². The van der Waals surface area contributed by atoms with Gasteiger partial charge in [0.1, 0.15) is 17.4 Å². The van der Waals surface area contributed by atoms with Gasteiger partial charge in [0.15, 0.2) is 0 Å². The monoisotopic (exact) mass is 435 g/mol. The summed E-state index contributed by atoms with van der Waals surface area (Å²) in [6.45, 7) is 4.22. The van der Waals surface area contributed by atoms with Gasteiger partial charge in [-0.1, -0.05) is 38.1 Å². The zero-order valence-electron chi connectivity index (χ0n) is 16.4. The minimum Gasteiger partial charge on any atom is -0.488 e. The van der Waals surface area contributed by atoms with Crippen molar-refractivity contribution in [3.63, 3.8) is 0 Å². The Labute approximate surface area is 176 Å². The topological polar surface area (TPSA) is 59.4 Å². The third-order valence-electron chi connectivity index (χ3n) is 4.36. The molecule has 30 heavy (non-hydrogen) atoms. The Morgan fingerprint density at radius 2 is 1.87 bits per heavy atom. The van der Waals surface area contributed by atoms with E-state index in [1.807, 2.05) is 13.8 Å². The summed E-state index contributed by atoms with van der Waals surface area (Å²) in [4.78, 5) is 16.4. The second-order valence-electron chi connectivity index (χ2n) is 7.06. The lowest BCUT2D eigenvalue weighted by Crippen LogP contribution is -2.03. The molecule has 0 saturated carbocycles. The van der Waals surface area contributed by atoms with Gasteiger partial charge in [0, 0.05) is 5.56 Å². The average molecular weight is 435 g/mol. The number of carboxylic acid groups (broad SMARTS) is 1. The molecular weight excluding hydrogens is 415 g/mol. The minimum absolute atomic E-state index is 0.0902. The second-order valence-corrected chi connectivity index (χ2v) is 8.15. The Balaban J connectivity index is 1.80. The molecule has 0 spiro atoms. The maximum Gasteiger partial charge on any atom is 0.416 e. The highest BCUT2D eigenvalue weighted by atomic mass is 32.1. The molecule has 0 aliphatic rings. The van der Waals surface area contributed by atoms with Gasteiger partial charge < -0.3 is 9.84 Å². The van der Waals surface area contributed by atoms with Crippen LogP contribution in [0.5, 0.6) is 5.75 Å². The maximum absolute atomic E-state index is 12.8.